The molecule has 2 fully saturated rings. The van der Waals surface area contributed by atoms with Crippen LogP contribution in [-0.4, -0.2) is 24.0 Å². The van der Waals surface area contributed by atoms with Gasteiger partial charge in [0.05, 0.1) is 0 Å². The van der Waals surface area contributed by atoms with E-state index in [0.29, 0.717) is 0 Å². The highest BCUT2D eigenvalue weighted by Crippen LogP contribution is 2.34. The Bertz CT molecular complexity index is 319. The summed E-state index contributed by atoms with van der Waals surface area (Å²) in [6, 6.07) is 11.9. The molecule has 1 aromatic rings. The molecular weight excluding hydrogens is 182 g/mol. The fourth-order valence-electron chi connectivity index (χ4n) is 3.34. The van der Waals surface area contributed by atoms with Gasteiger partial charge in [-0.3, -0.25) is 0 Å². The predicted molar refractivity (Wildman–Crippen MR) is 62.8 cm³/mol. The van der Waals surface area contributed by atoms with E-state index in [4.69, 9.17) is 0 Å². The van der Waals surface area contributed by atoms with Crippen LogP contribution in [0.4, 0.5) is 0 Å². The first kappa shape index (κ1) is 9.41. The Labute approximate surface area is 92.1 Å². The van der Waals surface area contributed by atoms with Crippen molar-refractivity contribution in [3.63, 3.8) is 0 Å². The van der Waals surface area contributed by atoms with Crippen molar-refractivity contribution < 1.29 is 0 Å². The molecule has 1 nitrogen and oxygen atoms in total. The van der Waals surface area contributed by atoms with Crippen molar-refractivity contribution in [3.8, 4) is 0 Å². The number of nitrogens with zero attached hydrogens (tertiary/aromatic N) is 1. The van der Waals surface area contributed by atoms with Gasteiger partial charge >= 0.3 is 0 Å². The summed E-state index contributed by atoms with van der Waals surface area (Å²) >= 11 is 0. The Morgan fingerprint density at radius 3 is 2.80 bits per heavy atom. The van der Waals surface area contributed by atoms with Crippen molar-refractivity contribution in [2.75, 3.05) is 13.1 Å². The molecule has 0 aliphatic carbocycles. The van der Waals surface area contributed by atoms with Gasteiger partial charge in [0.25, 0.3) is 0 Å². The monoisotopic (exact) mass is 201 g/mol. The van der Waals surface area contributed by atoms with Gasteiger partial charge in [-0.25, -0.2) is 0 Å². The molecule has 0 N–H and O–H groups in total. The van der Waals surface area contributed by atoms with E-state index in [1.165, 1.54) is 44.3 Å². The van der Waals surface area contributed by atoms with Crippen molar-refractivity contribution >= 4 is 0 Å². The summed E-state index contributed by atoms with van der Waals surface area (Å²) in [5.41, 5.74) is 1.52. The topological polar surface area (TPSA) is 3.24 Å². The zero-order valence-electron chi connectivity index (χ0n) is 9.23. The van der Waals surface area contributed by atoms with E-state index in [1.807, 2.05) is 0 Å². The van der Waals surface area contributed by atoms with Crippen LogP contribution in [0.25, 0.3) is 0 Å². The molecule has 0 aromatic heterocycles. The summed E-state index contributed by atoms with van der Waals surface area (Å²) in [6.07, 6.45) is 5.58. The predicted octanol–water partition coefficient (Wildman–Crippen LogP) is 2.71. The van der Waals surface area contributed by atoms with Gasteiger partial charge in [-0.05, 0) is 50.3 Å². The first-order chi connectivity index (χ1) is 7.43. The third-order valence-corrected chi connectivity index (χ3v) is 4.09. The van der Waals surface area contributed by atoms with Crippen LogP contribution in [0.5, 0.6) is 0 Å². The third kappa shape index (κ3) is 1.81. The first-order valence-corrected chi connectivity index (χ1v) is 6.21. The Kier molecular flexibility index (Phi) is 2.49. The molecule has 2 saturated heterocycles. The highest BCUT2D eigenvalue weighted by atomic mass is 15.2. The van der Waals surface area contributed by atoms with E-state index >= 15 is 0 Å². The van der Waals surface area contributed by atoms with Gasteiger partial charge in [-0.2, -0.15) is 0 Å². The van der Waals surface area contributed by atoms with Gasteiger partial charge in [-0.15, -0.1) is 0 Å². The maximum atomic E-state index is 2.70. The quantitative estimate of drug-likeness (QED) is 0.711. The van der Waals surface area contributed by atoms with Crippen LogP contribution in [-0.2, 0) is 6.42 Å². The molecular formula is C14H19N. The van der Waals surface area contributed by atoms with Gasteiger partial charge in [0, 0.05) is 6.04 Å². The highest BCUT2D eigenvalue weighted by molar-refractivity contribution is 5.16. The Hall–Kier alpha value is -0.820. The number of hydrogen-bond donors (Lipinski definition) is 0. The Balaban J connectivity index is 1.69. The van der Waals surface area contributed by atoms with Crippen LogP contribution in [0.15, 0.2) is 30.3 Å². The van der Waals surface area contributed by atoms with E-state index < -0.39 is 0 Å². The summed E-state index contributed by atoms with van der Waals surface area (Å²) in [5, 5.41) is 0. The van der Waals surface area contributed by atoms with Gasteiger partial charge in [0.1, 0.15) is 0 Å². The molecule has 15 heavy (non-hydrogen) atoms. The molecule has 2 atom stereocenters. The normalized spacial score (nSPS) is 30.7. The highest BCUT2D eigenvalue weighted by Gasteiger charge is 2.36. The fraction of sp³-hybridized carbons (Fsp3) is 0.571. The van der Waals surface area contributed by atoms with Crippen LogP contribution >= 0.6 is 0 Å². The molecule has 2 aliphatic rings. The fourth-order valence-corrected chi connectivity index (χ4v) is 3.34. The average molecular weight is 201 g/mol. The van der Waals surface area contributed by atoms with E-state index in [9.17, 15) is 0 Å². The summed E-state index contributed by atoms with van der Waals surface area (Å²) in [5.74, 6) is 0.926. The standard InChI is InChI=1S/C14H19N/c1-2-5-12(6-3-1)11-13-8-10-15-9-4-7-14(13)15/h1-3,5-6,13-14H,4,7-11H2. The summed E-state index contributed by atoms with van der Waals surface area (Å²) < 4.78 is 0. The van der Waals surface area contributed by atoms with Gasteiger partial charge in [0.2, 0.25) is 0 Å². The summed E-state index contributed by atoms with van der Waals surface area (Å²) in [4.78, 5) is 2.70. The molecule has 0 saturated carbocycles. The van der Waals surface area contributed by atoms with Crippen molar-refractivity contribution in [2.45, 2.75) is 31.7 Å². The minimum Gasteiger partial charge on any atom is -0.300 e. The van der Waals surface area contributed by atoms with E-state index in [2.05, 4.69) is 35.2 Å². The number of rotatable bonds is 2. The van der Waals surface area contributed by atoms with Crippen LogP contribution in [0.1, 0.15) is 24.8 Å². The van der Waals surface area contributed by atoms with Gasteiger partial charge in [-0.1, -0.05) is 30.3 Å². The molecule has 2 heterocycles. The third-order valence-electron chi connectivity index (χ3n) is 4.09. The molecule has 3 rings (SSSR count). The van der Waals surface area contributed by atoms with E-state index in [0.717, 1.165) is 12.0 Å². The van der Waals surface area contributed by atoms with E-state index in [1.54, 1.807) is 0 Å². The molecule has 80 valence electrons. The van der Waals surface area contributed by atoms with Crippen molar-refractivity contribution in [1.29, 1.82) is 0 Å². The Morgan fingerprint density at radius 2 is 1.93 bits per heavy atom. The van der Waals surface area contributed by atoms with Crippen LogP contribution < -0.4 is 0 Å². The van der Waals surface area contributed by atoms with E-state index in [-0.39, 0.29) is 0 Å². The summed E-state index contributed by atoms with van der Waals surface area (Å²) in [7, 11) is 0. The maximum absolute atomic E-state index is 2.70. The second-order valence-corrected chi connectivity index (χ2v) is 4.98. The molecule has 1 aromatic carbocycles. The second kappa shape index (κ2) is 3.97. The molecule has 0 spiro atoms. The molecule has 2 aliphatic heterocycles. The minimum absolute atomic E-state index is 0.908. The number of fused-ring (bicyclic) bond motifs is 1. The molecule has 0 amide bonds. The number of benzene rings is 1. The SMILES string of the molecule is c1ccc(CC2CCN3CCCC23)cc1. The molecule has 2 unspecified atom stereocenters. The maximum Gasteiger partial charge on any atom is 0.0128 e. The lowest BCUT2D eigenvalue weighted by Crippen LogP contribution is -2.26. The van der Waals surface area contributed by atoms with Crippen LogP contribution in [0.3, 0.4) is 0 Å². The second-order valence-electron chi connectivity index (χ2n) is 4.98. The summed E-state index contributed by atoms with van der Waals surface area (Å²) in [6.45, 7) is 2.71. The van der Waals surface area contributed by atoms with Crippen molar-refractivity contribution in [2.24, 2.45) is 5.92 Å². The minimum atomic E-state index is 0.908. The zero-order chi connectivity index (χ0) is 10.1. The average Bonchev–Trinajstić information content (AvgIpc) is 2.85. The van der Waals surface area contributed by atoms with Crippen LogP contribution in [0, 0.1) is 5.92 Å². The largest absolute Gasteiger partial charge is 0.300 e. The molecule has 1 heteroatoms. The van der Waals surface area contributed by atoms with Crippen LogP contribution in [0.2, 0.25) is 0 Å². The smallest absolute Gasteiger partial charge is 0.0128 e. The molecule has 0 bridgehead atoms. The van der Waals surface area contributed by atoms with Gasteiger partial charge < -0.3 is 4.90 Å². The lowest BCUT2D eigenvalue weighted by Gasteiger charge is -2.20. The zero-order valence-corrected chi connectivity index (χ0v) is 9.23. The lowest BCUT2D eigenvalue weighted by molar-refractivity contribution is 0.290. The first-order valence-electron chi connectivity index (χ1n) is 6.21. The van der Waals surface area contributed by atoms with Crippen molar-refractivity contribution in [1.82, 2.24) is 4.90 Å². The number of hydrogen-bond acceptors (Lipinski definition) is 1. The Morgan fingerprint density at radius 1 is 1.07 bits per heavy atom. The molecule has 0 radical (unpaired) electrons. The van der Waals surface area contributed by atoms with Gasteiger partial charge in [0.15, 0.2) is 0 Å². The van der Waals surface area contributed by atoms with Crippen molar-refractivity contribution in [3.05, 3.63) is 35.9 Å². The lowest BCUT2D eigenvalue weighted by atomic mass is 9.91.